The fraction of sp³-hybridized carbons (Fsp3) is 0.235. The van der Waals surface area contributed by atoms with Crippen molar-refractivity contribution in [2.45, 2.75) is 23.6 Å². The molecule has 3 aromatic rings. The molecule has 0 saturated carbocycles. The second-order valence-corrected chi connectivity index (χ2v) is 6.88. The number of aromatic nitrogens is 2. The molecular weight excluding hydrogens is 356 g/mol. The van der Waals surface area contributed by atoms with Crippen molar-refractivity contribution in [1.29, 1.82) is 0 Å². The van der Waals surface area contributed by atoms with Gasteiger partial charge in [0.2, 0.25) is 0 Å². The van der Waals surface area contributed by atoms with E-state index in [-0.39, 0.29) is 17.1 Å². The molecule has 3 rings (SSSR count). The van der Waals surface area contributed by atoms with E-state index in [1.807, 2.05) is 0 Å². The Balaban J connectivity index is 1.82. The summed E-state index contributed by atoms with van der Waals surface area (Å²) in [6.07, 6.45) is -4.52. The van der Waals surface area contributed by atoms with Crippen molar-refractivity contribution in [3.05, 3.63) is 59.7 Å². The van der Waals surface area contributed by atoms with Crippen LogP contribution in [0.5, 0.6) is 0 Å². The number of rotatable bonds is 4. The van der Waals surface area contributed by atoms with E-state index in [4.69, 9.17) is 0 Å². The molecule has 1 atom stereocenters. The van der Waals surface area contributed by atoms with Crippen molar-refractivity contribution in [2.75, 3.05) is 5.75 Å². The van der Waals surface area contributed by atoms with Crippen molar-refractivity contribution in [3.8, 4) is 0 Å². The average Bonchev–Trinajstić information content (AvgIpc) is 2.97. The lowest BCUT2D eigenvalue weighted by Gasteiger charge is -2.21. The molecule has 132 valence electrons. The van der Waals surface area contributed by atoms with E-state index < -0.39 is 17.5 Å². The third kappa shape index (κ3) is 3.96. The van der Waals surface area contributed by atoms with E-state index >= 15 is 0 Å². The molecule has 0 saturated heterocycles. The molecule has 0 amide bonds. The van der Waals surface area contributed by atoms with Gasteiger partial charge in [0, 0.05) is 10.6 Å². The third-order valence-electron chi connectivity index (χ3n) is 3.68. The van der Waals surface area contributed by atoms with E-state index in [0.717, 1.165) is 11.0 Å². The first kappa shape index (κ1) is 17.8. The van der Waals surface area contributed by atoms with Crippen LogP contribution >= 0.6 is 11.8 Å². The molecule has 0 bridgehead atoms. The van der Waals surface area contributed by atoms with Gasteiger partial charge >= 0.3 is 6.18 Å². The highest BCUT2D eigenvalue weighted by Gasteiger charge is 2.33. The molecule has 0 aliphatic rings. The van der Waals surface area contributed by atoms with Gasteiger partial charge in [0.15, 0.2) is 0 Å². The van der Waals surface area contributed by atoms with E-state index in [9.17, 15) is 22.7 Å². The molecule has 1 unspecified atom stereocenters. The highest BCUT2D eigenvalue weighted by molar-refractivity contribution is 7.99. The summed E-state index contributed by atoms with van der Waals surface area (Å²) >= 11 is 1.31. The maximum absolute atomic E-state index is 12.9. The van der Waals surface area contributed by atoms with Gasteiger partial charge in [0.1, 0.15) is 17.1 Å². The molecule has 0 spiro atoms. The fourth-order valence-corrected chi connectivity index (χ4v) is 3.22. The molecule has 0 fully saturated rings. The molecule has 0 aliphatic heterocycles. The number of nitrogens with zero attached hydrogens (tertiary/aromatic N) is 1. The van der Waals surface area contributed by atoms with Gasteiger partial charge in [0.25, 0.3) is 0 Å². The van der Waals surface area contributed by atoms with Crippen molar-refractivity contribution in [1.82, 2.24) is 9.97 Å². The van der Waals surface area contributed by atoms with Crippen LogP contribution in [0.15, 0.2) is 47.4 Å². The van der Waals surface area contributed by atoms with Gasteiger partial charge in [-0.25, -0.2) is 9.37 Å². The van der Waals surface area contributed by atoms with Gasteiger partial charge in [0.05, 0.1) is 16.7 Å². The van der Waals surface area contributed by atoms with Gasteiger partial charge in [-0.2, -0.15) is 13.2 Å². The summed E-state index contributed by atoms with van der Waals surface area (Å²) in [5, 5.41) is 10.7. The number of hydrogen-bond donors (Lipinski definition) is 2. The Hall–Kier alpha value is -2.06. The predicted octanol–water partition coefficient (Wildman–Crippen LogP) is 4.72. The van der Waals surface area contributed by atoms with Crippen LogP contribution in [0.2, 0.25) is 0 Å². The fourth-order valence-electron chi connectivity index (χ4n) is 2.29. The number of thioether (sulfide) groups is 1. The van der Waals surface area contributed by atoms with Crippen LogP contribution in [-0.4, -0.2) is 20.8 Å². The van der Waals surface area contributed by atoms with Crippen molar-refractivity contribution in [2.24, 2.45) is 0 Å². The molecule has 2 aromatic heterocycles. The largest absolute Gasteiger partial charge is 0.433 e. The Morgan fingerprint density at radius 2 is 1.80 bits per heavy atom. The Kier molecular flexibility index (Phi) is 4.51. The lowest BCUT2D eigenvalue weighted by Crippen LogP contribution is -2.24. The molecule has 3 nitrogen and oxygen atoms in total. The highest BCUT2D eigenvalue weighted by atomic mass is 32.2. The zero-order chi connectivity index (χ0) is 18.2. The van der Waals surface area contributed by atoms with Crippen LogP contribution in [-0.2, 0) is 11.8 Å². The van der Waals surface area contributed by atoms with Crippen LogP contribution in [0.4, 0.5) is 17.6 Å². The molecule has 0 radical (unpaired) electrons. The number of pyridine rings is 1. The van der Waals surface area contributed by atoms with E-state index in [2.05, 4.69) is 9.97 Å². The van der Waals surface area contributed by atoms with Gasteiger partial charge in [-0.3, -0.25) is 0 Å². The monoisotopic (exact) mass is 370 g/mol. The van der Waals surface area contributed by atoms with Gasteiger partial charge in [-0.05, 0) is 49.4 Å². The van der Waals surface area contributed by atoms with Crippen LogP contribution in [0.3, 0.4) is 0 Å². The summed E-state index contributed by atoms with van der Waals surface area (Å²) in [5.74, 6) is -0.115. The molecule has 1 aromatic carbocycles. The summed E-state index contributed by atoms with van der Waals surface area (Å²) in [5.41, 5.74) is -1.39. The Morgan fingerprint density at radius 3 is 2.44 bits per heavy atom. The number of halogens is 4. The number of nitrogens with one attached hydrogen (secondary N) is 1. The zero-order valence-corrected chi connectivity index (χ0v) is 13.9. The standard InChI is InChI=1S/C17H14F4N2OS/c1-16(24,9-25-11-4-2-10(18)3-5-11)15-8-13-12(22-15)6-7-14(23-13)17(19,20)21/h2-8,22,24H,9H2,1H3. The maximum Gasteiger partial charge on any atom is 0.433 e. The number of aromatic amines is 1. The SMILES string of the molecule is CC(O)(CSc1ccc(F)cc1)c1cc2nc(C(F)(F)F)ccc2[nH]1. The van der Waals surface area contributed by atoms with E-state index in [1.165, 1.54) is 36.0 Å². The average molecular weight is 370 g/mol. The lowest BCUT2D eigenvalue weighted by atomic mass is 10.1. The minimum Gasteiger partial charge on any atom is -0.383 e. The van der Waals surface area contributed by atoms with Crippen molar-refractivity contribution >= 4 is 22.8 Å². The topological polar surface area (TPSA) is 48.9 Å². The van der Waals surface area contributed by atoms with E-state index in [1.54, 1.807) is 19.1 Å². The van der Waals surface area contributed by atoms with Crippen molar-refractivity contribution < 1.29 is 22.7 Å². The Morgan fingerprint density at radius 1 is 1.12 bits per heavy atom. The summed E-state index contributed by atoms with van der Waals surface area (Å²) in [6, 6.07) is 9.43. The Labute approximate surface area is 145 Å². The summed E-state index contributed by atoms with van der Waals surface area (Å²) in [4.78, 5) is 7.27. The molecular formula is C17H14F4N2OS. The first-order chi connectivity index (χ1) is 11.6. The number of alkyl halides is 3. The number of hydrogen-bond acceptors (Lipinski definition) is 3. The van der Waals surface area contributed by atoms with Gasteiger partial charge < -0.3 is 10.1 Å². The van der Waals surface area contributed by atoms with Gasteiger partial charge in [-0.1, -0.05) is 0 Å². The van der Waals surface area contributed by atoms with Gasteiger partial charge in [-0.15, -0.1) is 11.8 Å². The first-order valence-electron chi connectivity index (χ1n) is 7.33. The minimum atomic E-state index is -4.52. The smallest absolute Gasteiger partial charge is 0.383 e. The molecule has 2 heterocycles. The zero-order valence-electron chi connectivity index (χ0n) is 13.1. The molecule has 25 heavy (non-hydrogen) atoms. The quantitative estimate of drug-likeness (QED) is 0.516. The maximum atomic E-state index is 12.9. The number of aliphatic hydroxyl groups is 1. The van der Waals surface area contributed by atoms with Crippen LogP contribution in [0, 0.1) is 5.82 Å². The number of fused-ring (bicyclic) bond motifs is 1. The summed E-state index contributed by atoms with van der Waals surface area (Å²) in [7, 11) is 0. The third-order valence-corrected chi connectivity index (χ3v) is 4.99. The number of H-pyrrole nitrogens is 1. The first-order valence-corrected chi connectivity index (χ1v) is 8.32. The van der Waals surface area contributed by atoms with Crippen LogP contribution in [0.1, 0.15) is 18.3 Å². The molecule has 8 heteroatoms. The normalized spacial score (nSPS) is 14.6. The molecule has 0 aliphatic carbocycles. The molecule has 2 N–H and O–H groups in total. The second-order valence-electron chi connectivity index (χ2n) is 5.83. The van der Waals surface area contributed by atoms with Crippen LogP contribution < -0.4 is 0 Å². The van der Waals surface area contributed by atoms with Crippen LogP contribution in [0.25, 0.3) is 11.0 Å². The predicted molar refractivity (Wildman–Crippen MR) is 87.8 cm³/mol. The Bertz CT molecular complexity index is 888. The summed E-state index contributed by atoms with van der Waals surface area (Å²) < 4.78 is 51.1. The second kappa shape index (κ2) is 6.34. The summed E-state index contributed by atoms with van der Waals surface area (Å²) in [6.45, 7) is 1.55. The highest BCUT2D eigenvalue weighted by Crippen LogP contribution is 2.33. The van der Waals surface area contributed by atoms with Crippen molar-refractivity contribution in [3.63, 3.8) is 0 Å². The minimum absolute atomic E-state index is 0.136. The lowest BCUT2D eigenvalue weighted by molar-refractivity contribution is -0.140. The number of benzene rings is 1. The van der Waals surface area contributed by atoms with E-state index in [0.29, 0.717) is 11.2 Å².